The second-order valence-electron chi connectivity index (χ2n) is 20.7. The molecule has 77 heavy (non-hydrogen) atoms. The van der Waals surface area contributed by atoms with E-state index in [0.717, 1.165) is 16.4 Å². The Morgan fingerprint density at radius 1 is 0.779 bits per heavy atom. The molecule has 7 amide bonds. The van der Waals surface area contributed by atoms with Crippen LogP contribution in [-0.4, -0.2) is 124 Å². The Hall–Kier alpha value is -7.61. The predicted octanol–water partition coefficient (Wildman–Crippen LogP) is 6.17. The Kier molecular flexibility index (Phi) is 31.4. The first-order valence-electron chi connectivity index (χ1n) is 25.6. The molecule has 0 bridgehead atoms. The summed E-state index contributed by atoms with van der Waals surface area (Å²) in [6, 6.07) is 20.2. The summed E-state index contributed by atoms with van der Waals surface area (Å²) in [5.74, 6) is -3.43. The quantitative estimate of drug-likeness (QED) is 0.0298. The highest BCUT2D eigenvalue weighted by molar-refractivity contribution is 5.95. The molecule has 4 aromatic rings. The summed E-state index contributed by atoms with van der Waals surface area (Å²) in [5.41, 5.74) is 14.8. The topological polar surface area (TPSA) is 294 Å². The summed E-state index contributed by atoms with van der Waals surface area (Å²) in [4.78, 5) is 97.5. The van der Waals surface area contributed by atoms with Gasteiger partial charge < -0.3 is 52.2 Å². The molecule has 3 unspecified atom stereocenters. The van der Waals surface area contributed by atoms with Crippen LogP contribution in [0.4, 0.5) is 5.69 Å². The van der Waals surface area contributed by atoms with E-state index in [1.807, 2.05) is 52.0 Å². The molecule has 0 radical (unpaired) electrons. The lowest BCUT2D eigenvalue weighted by atomic mass is 10.0. The molecule has 1 aromatic heterocycles. The average Bonchev–Trinajstić information content (AvgIpc) is 3.70. The number of nitrogens with one attached hydrogen (secondary N) is 4. The first kappa shape index (κ1) is 69.4. The number of carbonyl (C=O) groups is 7. The third-order valence-electron chi connectivity index (χ3n) is 11.1. The van der Waals surface area contributed by atoms with Crippen molar-refractivity contribution in [2.75, 3.05) is 40.3 Å². The zero-order valence-corrected chi connectivity index (χ0v) is 48.1. The van der Waals surface area contributed by atoms with Crippen LogP contribution < -0.4 is 32.7 Å². The van der Waals surface area contributed by atoms with Gasteiger partial charge >= 0.3 is 5.69 Å². The van der Waals surface area contributed by atoms with E-state index in [-0.39, 0.29) is 41.9 Å². The van der Waals surface area contributed by atoms with Crippen LogP contribution >= 0.6 is 0 Å². The van der Waals surface area contributed by atoms with E-state index in [4.69, 9.17) is 16.6 Å². The second kappa shape index (κ2) is 34.9. The zero-order valence-electron chi connectivity index (χ0n) is 48.1. The van der Waals surface area contributed by atoms with Crippen LogP contribution in [0.3, 0.4) is 0 Å². The Balaban J connectivity index is 0.00000123. The molecule has 9 N–H and O–H groups in total. The number of nitrogens with two attached hydrogens (primary N) is 2. The lowest BCUT2D eigenvalue weighted by Crippen LogP contribution is -2.54. The number of phenols is 1. The number of allylic oxidation sites excluding steroid dienone is 1. The molecule has 0 saturated heterocycles. The molecule has 0 aliphatic heterocycles. The van der Waals surface area contributed by atoms with Crippen molar-refractivity contribution in [2.45, 2.75) is 127 Å². The maximum atomic E-state index is 12.7. The molecule has 1 heterocycles. The number of nitrogens with zero attached hydrogens (tertiary/aromatic N) is 4. The van der Waals surface area contributed by atoms with Crippen LogP contribution in [0.5, 0.6) is 5.75 Å². The van der Waals surface area contributed by atoms with E-state index in [9.17, 15) is 43.7 Å². The molecule has 0 aliphatic rings. The number of carbonyl (C=O) groups excluding carboxylic acids is 7. The van der Waals surface area contributed by atoms with Gasteiger partial charge in [-0.3, -0.25) is 43.7 Å². The number of aromatic nitrogens is 1. The molecular formula is C57H88N10O10. The van der Waals surface area contributed by atoms with Crippen molar-refractivity contribution < 1.29 is 43.6 Å². The molecule has 20 heteroatoms. The van der Waals surface area contributed by atoms with E-state index >= 15 is 0 Å². The van der Waals surface area contributed by atoms with Gasteiger partial charge in [0.15, 0.2) is 5.75 Å². The SMILES string of the molecule is C=CC(C)(C)n1cc(C)c2ccccc21.CC(C)C.CC(C)CC(NC(=O)CN(C)C(=O)C(C)NC(=O)CNC(=O)C(CC(C)C)N(C)C(=O)CN)C(=O)NCC(N)=O.Cc1ccc(O)c([N+](=O)[O-])c1.Cc1ccccc1. The molecular weight excluding hydrogens is 985 g/mol. The highest BCUT2D eigenvalue weighted by atomic mass is 16.6. The van der Waals surface area contributed by atoms with Crippen molar-refractivity contribution in [2.24, 2.45) is 29.2 Å². The standard InChI is InChI=1S/C25H46N8O7.C14H17N.C7H7NO3.C7H8.C4H10/c1-14(2)8-17(23(38)28-11-19(27)34)31-21(36)13-32(6)25(40)16(5)30-20(35)12-29-24(39)18(9-15(3)4)33(7)22(37)10-26;1-5-14(3,4)15-10-11(2)12-8-6-7-9-13(12)15;1-5-2-3-7(9)6(4-5)8(10)11;1-7-5-3-2-4-6-7;1-4(2)3/h14-18H,8-13,26H2,1-7H3,(H2,27,34)(H,28,38)(H,29,39)(H,30,35)(H,31,36);5-10H,1H2,2-4H3;2-4,9H,1H3;2-6H,1H3;4H,1-3H3. The van der Waals surface area contributed by atoms with Crippen molar-refractivity contribution in [1.29, 1.82) is 0 Å². The number of amides is 7. The maximum Gasteiger partial charge on any atom is 0.310 e. The number of rotatable bonds is 20. The number of benzene rings is 3. The van der Waals surface area contributed by atoms with Crippen LogP contribution in [0.2, 0.25) is 0 Å². The fourth-order valence-corrected chi connectivity index (χ4v) is 6.95. The Morgan fingerprint density at radius 3 is 1.81 bits per heavy atom. The van der Waals surface area contributed by atoms with Crippen molar-refractivity contribution in [3.8, 4) is 5.75 Å². The summed E-state index contributed by atoms with van der Waals surface area (Å²) in [6.45, 7) is 28.2. The van der Waals surface area contributed by atoms with Crippen LogP contribution in [-0.2, 0) is 39.1 Å². The van der Waals surface area contributed by atoms with Crippen molar-refractivity contribution in [3.05, 3.63) is 118 Å². The summed E-state index contributed by atoms with van der Waals surface area (Å²) in [6.07, 6.45) is 4.84. The highest BCUT2D eigenvalue weighted by Gasteiger charge is 2.29. The molecule has 0 saturated carbocycles. The average molecular weight is 1070 g/mol. The van der Waals surface area contributed by atoms with Crippen LogP contribution in [0.15, 0.2) is 91.6 Å². The fraction of sp³-hybridized carbons (Fsp3) is 0.491. The Labute approximate surface area is 455 Å². The third kappa shape index (κ3) is 27.1. The number of aromatic hydroxyl groups is 1. The number of likely N-dealkylation sites (N-methyl/N-ethyl adjacent to an activating group) is 2. The van der Waals surface area contributed by atoms with Crippen molar-refractivity contribution >= 4 is 57.9 Å². The predicted molar refractivity (Wildman–Crippen MR) is 304 cm³/mol. The Morgan fingerprint density at radius 2 is 1.32 bits per heavy atom. The van der Waals surface area contributed by atoms with E-state index in [1.165, 1.54) is 60.1 Å². The van der Waals surface area contributed by atoms with Crippen LogP contribution in [0.1, 0.15) is 98.8 Å². The van der Waals surface area contributed by atoms with Gasteiger partial charge in [-0.05, 0) is 95.4 Å². The molecule has 3 atom stereocenters. The number of nitro benzene ring substituents is 1. The largest absolute Gasteiger partial charge is 0.502 e. The fourth-order valence-electron chi connectivity index (χ4n) is 6.95. The van der Waals surface area contributed by atoms with Crippen molar-refractivity contribution in [1.82, 2.24) is 35.6 Å². The minimum Gasteiger partial charge on any atom is -0.502 e. The van der Waals surface area contributed by atoms with Gasteiger partial charge in [0.1, 0.15) is 18.1 Å². The van der Waals surface area contributed by atoms with Gasteiger partial charge in [-0.1, -0.05) is 115 Å². The highest BCUT2D eigenvalue weighted by Crippen LogP contribution is 2.28. The number of fused-ring (bicyclic) bond motifs is 1. The van der Waals surface area contributed by atoms with Gasteiger partial charge in [0.2, 0.25) is 41.4 Å². The smallest absolute Gasteiger partial charge is 0.310 e. The number of nitro groups is 1. The molecule has 20 nitrogen and oxygen atoms in total. The second-order valence-corrected chi connectivity index (χ2v) is 20.7. The minimum atomic E-state index is -1.03. The van der Waals surface area contributed by atoms with Gasteiger partial charge in [0.25, 0.3) is 0 Å². The number of para-hydroxylation sites is 1. The number of phenolic OH excluding ortho intramolecular Hbond substituents is 1. The summed E-state index contributed by atoms with van der Waals surface area (Å²) < 4.78 is 2.28. The van der Waals surface area contributed by atoms with E-state index in [0.29, 0.717) is 12.8 Å². The number of primary amides is 1. The molecule has 0 spiro atoms. The van der Waals surface area contributed by atoms with Crippen LogP contribution in [0, 0.1) is 48.6 Å². The van der Waals surface area contributed by atoms with Crippen molar-refractivity contribution in [3.63, 3.8) is 0 Å². The minimum absolute atomic E-state index is 0.0339. The lowest BCUT2D eigenvalue weighted by Gasteiger charge is -2.28. The first-order chi connectivity index (χ1) is 35.8. The van der Waals surface area contributed by atoms with Gasteiger partial charge in [-0.15, -0.1) is 6.58 Å². The molecule has 3 aromatic carbocycles. The molecule has 426 valence electrons. The van der Waals surface area contributed by atoms with Crippen LogP contribution in [0.25, 0.3) is 10.9 Å². The first-order valence-corrected chi connectivity index (χ1v) is 25.6. The zero-order chi connectivity index (χ0) is 59.3. The monoisotopic (exact) mass is 1070 g/mol. The summed E-state index contributed by atoms with van der Waals surface area (Å²) in [7, 11) is 2.82. The number of hydrogen-bond donors (Lipinski definition) is 7. The van der Waals surface area contributed by atoms with Gasteiger partial charge in [-0.25, -0.2) is 0 Å². The third-order valence-corrected chi connectivity index (χ3v) is 11.1. The van der Waals surface area contributed by atoms with Gasteiger partial charge in [0, 0.05) is 37.3 Å². The maximum absolute atomic E-state index is 12.7. The number of hydrogen-bond acceptors (Lipinski definition) is 11. The molecule has 0 aliphatic carbocycles. The lowest BCUT2D eigenvalue weighted by molar-refractivity contribution is -0.385. The van der Waals surface area contributed by atoms with Gasteiger partial charge in [0.05, 0.1) is 36.6 Å². The molecule has 0 fully saturated rings. The van der Waals surface area contributed by atoms with Gasteiger partial charge in [-0.2, -0.15) is 0 Å². The number of aryl methyl sites for hydroxylation is 3. The Bertz CT molecular complexity index is 2540. The molecule has 4 rings (SSSR count). The summed E-state index contributed by atoms with van der Waals surface area (Å²) in [5, 5.41) is 30.3. The normalized spacial score (nSPS) is 11.7. The van der Waals surface area contributed by atoms with E-state index in [1.54, 1.807) is 13.0 Å². The van der Waals surface area contributed by atoms with E-state index in [2.05, 4.69) is 123 Å². The van der Waals surface area contributed by atoms with E-state index < -0.39 is 77.5 Å². The summed E-state index contributed by atoms with van der Waals surface area (Å²) >= 11 is 0.